The van der Waals surface area contributed by atoms with Gasteiger partial charge in [-0.05, 0) is 62.5 Å². The maximum absolute atomic E-state index is 13.7. The number of benzene rings is 2. The molecule has 1 amide bonds. The Hall–Kier alpha value is -2.40. The van der Waals surface area contributed by atoms with Gasteiger partial charge in [0, 0.05) is 18.7 Å². The molecule has 0 aromatic heterocycles. The number of piperidine rings is 1. The normalized spacial score (nSPS) is 15.5. The molecule has 27 heavy (non-hydrogen) atoms. The number of carbonyl (C=O) groups is 1. The van der Waals surface area contributed by atoms with Crippen LogP contribution in [0.5, 0.6) is 5.75 Å². The lowest BCUT2D eigenvalue weighted by molar-refractivity contribution is 0.0934. The Labute approximate surface area is 160 Å². The van der Waals surface area contributed by atoms with Crippen LogP contribution in [0, 0.1) is 18.7 Å². The number of carbonyl (C=O) groups excluding carboxylic acids is 1. The highest BCUT2D eigenvalue weighted by Crippen LogP contribution is 2.20. The van der Waals surface area contributed by atoms with Gasteiger partial charge >= 0.3 is 0 Å². The van der Waals surface area contributed by atoms with Gasteiger partial charge in [-0.25, -0.2) is 4.39 Å². The third-order valence-electron chi connectivity index (χ3n) is 5.20. The van der Waals surface area contributed by atoms with E-state index in [1.807, 2.05) is 0 Å². The van der Waals surface area contributed by atoms with Crippen molar-refractivity contribution >= 4 is 5.91 Å². The second-order valence-corrected chi connectivity index (χ2v) is 7.26. The minimum atomic E-state index is -0.519. The highest BCUT2D eigenvalue weighted by atomic mass is 19.1. The van der Waals surface area contributed by atoms with Gasteiger partial charge in [0.05, 0.1) is 7.11 Å². The number of amides is 1. The third kappa shape index (κ3) is 5.30. The van der Waals surface area contributed by atoms with Gasteiger partial charge < -0.3 is 10.1 Å². The van der Waals surface area contributed by atoms with Crippen molar-refractivity contribution in [1.82, 2.24) is 10.2 Å². The molecule has 144 valence electrons. The molecule has 1 N–H and O–H groups in total. The van der Waals surface area contributed by atoms with E-state index in [4.69, 9.17) is 4.74 Å². The molecule has 0 spiro atoms. The molecule has 1 saturated heterocycles. The van der Waals surface area contributed by atoms with E-state index in [0.717, 1.165) is 32.5 Å². The number of likely N-dealkylation sites (tertiary alicyclic amines) is 1. The summed E-state index contributed by atoms with van der Waals surface area (Å²) in [6.45, 7) is 5.77. The topological polar surface area (TPSA) is 41.6 Å². The molecule has 0 bridgehead atoms. The molecular weight excluding hydrogens is 343 g/mol. The van der Waals surface area contributed by atoms with Crippen LogP contribution in [0.1, 0.15) is 34.3 Å². The lowest BCUT2D eigenvalue weighted by Gasteiger charge is -2.32. The van der Waals surface area contributed by atoms with Gasteiger partial charge in [-0.2, -0.15) is 0 Å². The number of rotatable bonds is 6. The van der Waals surface area contributed by atoms with Crippen LogP contribution >= 0.6 is 0 Å². The molecule has 0 saturated carbocycles. The maximum Gasteiger partial charge on any atom is 0.251 e. The lowest BCUT2D eigenvalue weighted by atomic mass is 9.96. The number of methoxy groups -OCH3 is 1. The zero-order chi connectivity index (χ0) is 19.2. The summed E-state index contributed by atoms with van der Waals surface area (Å²) in [5.74, 6) is -0.146. The molecule has 1 aliphatic rings. The Morgan fingerprint density at radius 3 is 2.52 bits per heavy atom. The number of halogens is 1. The van der Waals surface area contributed by atoms with E-state index in [1.54, 1.807) is 6.07 Å². The lowest BCUT2D eigenvalue weighted by Crippen LogP contribution is -2.38. The molecule has 0 aliphatic carbocycles. The summed E-state index contributed by atoms with van der Waals surface area (Å²) in [7, 11) is 1.41. The summed E-state index contributed by atoms with van der Waals surface area (Å²) in [4.78, 5) is 14.7. The van der Waals surface area contributed by atoms with E-state index < -0.39 is 5.82 Å². The Kier molecular flexibility index (Phi) is 6.45. The SMILES string of the molecule is COc1ccc(C(=O)NCC2CCN(Cc3ccc(C)cc3)CC2)cc1F. The van der Waals surface area contributed by atoms with E-state index in [-0.39, 0.29) is 11.7 Å². The highest BCUT2D eigenvalue weighted by molar-refractivity contribution is 5.94. The molecule has 2 aromatic carbocycles. The van der Waals surface area contributed by atoms with Crippen LogP contribution in [-0.2, 0) is 6.54 Å². The quantitative estimate of drug-likeness (QED) is 0.841. The average molecular weight is 370 g/mol. The van der Waals surface area contributed by atoms with Gasteiger partial charge in [0.25, 0.3) is 5.91 Å². The smallest absolute Gasteiger partial charge is 0.251 e. The summed E-state index contributed by atoms with van der Waals surface area (Å²) >= 11 is 0. The van der Waals surface area contributed by atoms with Gasteiger partial charge in [-0.1, -0.05) is 29.8 Å². The first-order valence-electron chi connectivity index (χ1n) is 9.45. The van der Waals surface area contributed by atoms with Crippen LogP contribution in [-0.4, -0.2) is 37.6 Å². The fourth-order valence-electron chi connectivity index (χ4n) is 3.45. The second kappa shape index (κ2) is 9.00. The number of hydrogen-bond donors (Lipinski definition) is 1. The van der Waals surface area contributed by atoms with E-state index in [0.29, 0.717) is 18.0 Å². The Morgan fingerprint density at radius 2 is 1.89 bits per heavy atom. The van der Waals surface area contributed by atoms with Crippen molar-refractivity contribution in [3.05, 3.63) is 65.0 Å². The van der Waals surface area contributed by atoms with Crippen molar-refractivity contribution < 1.29 is 13.9 Å². The molecule has 5 heteroatoms. The maximum atomic E-state index is 13.7. The van der Waals surface area contributed by atoms with E-state index in [2.05, 4.69) is 41.4 Å². The number of aryl methyl sites for hydroxylation is 1. The zero-order valence-electron chi connectivity index (χ0n) is 16.0. The van der Waals surface area contributed by atoms with Crippen molar-refractivity contribution in [1.29, 1.82) is 0 Å². The van der Waals surface area contributed by atoms with Gasteiger partial charge in [-0.3, -0.25) is 9.69 Å². The minimum absolute atomic E-state index is 0.146. The monoisotopic (exact) mass is 370 g/mol. The summed E-state index contributed by atoms with van der Waals surface area (Å²) < 4.78 is 18.6. The summed E-state index contributed by atoms with van der Waals surface area (Å²) in [6.07, 6.45) is 2.12. The van der Waals surface area contributed by atoms with Crippen LogP contribution in [0.2, 0.25) is 0 Å². The molecule has 0 radical (unpaired) electrons. The predicted molar refractivity (Wildman–Crippen MR) is 104 cm³/mol. The van der Waals surface area contributed by atoms with Crippen molar-refractivity contribution in [3.63, 3.8) is 0 Å². The first kappa shape index (κ1) is 19.4. The number of nitrogens with one attached hydrogen (secondary N) is 1. The molecule has 1 aliphatic heterocycles. The summed E-state index contributed by atoms with van der Waals surface area (Å²) in [5.41, 5.74) is 2.95. The van der Waals surface area contributed by atoms with Gasteiger partial charge in [0.15, 0.2) is 11.6 Å². The van der Waals surface area contributed by atoms with Crippen molar-refractivity contribution in [3.8, 4) is 5.75 Å². The van der Waals surface area contributed by atoms with Crippen molar-refractivity contribution in [2.45, 2.75) is 26.3 Å². The fourth-order valence-corrected chi connectivity index (χ4v) is 3.45. The van der Waals surface area contributed by atoms with E-state index in [1.165, 1.54) is 30.4 Å². The van der Waals surface area contributed by atoms with Crippen LogP contribution in [0.25, 0.3) is 0 Å². The largest absolute Gasteiger partial charge is 0.494 e. The number of hydrogen-bond acceptors (Lipinski definition) is 3. The van der Waals surface area contributed by atoms with Crippen molar-refractivity contribution in [2.75, 3.05) is 26.7 Å². The van der Waals surface area contributed by atoms with Crippen LogP contribution in [0.3, 0.4) is 0 Å². The fraction of sp³-hybridized carbons (Fsp3) is 0.409. The Bertz CT molecular complexity index is 768. The molecule has 2 aromatic rings. The second-order valence-electron chi connectivity index (χ2n) is 7.26. The summed E-state index contributed by atoms with van der Waals surface area (Å²) in [5, 5.41) is 2.94. The minimum Gasteiger partial charge on any atom is -0.494 e. The van der Waals surface area contributed by atoms with Crippen molar-refractivity contribution in [2.24, 2.45) is 5.92 Å². The standard InChI is InChI=1S/C22H27FN2O2/c1-16-3-5-18(6-4-16)15-25-11-9-17(10-12-25)14-24-22(26)19-7-8-21(27-2)20(23)13-19/h3-8,13,17H,9-12,14-15H2,1-2H3,(H,24,26). The average Bonchev–Trinajstić information content (AvgIpc) is 2.69. The van der Waals surface area contributed by atoms with Crippen LogP contribution < -0.4 is 10.1 Å². The van der Waals surface area contributed by atoms with Crippen LogP contribution in [0.4, 0.5) is 4.39 Å². The molecule has 1 heterocycles. The molecule has 3 rings (SSSR count). The first-order valence-corrected chi connectivity index (χ1v) is 9.45. The highest BCUT2D eigenvalue weighted by Gasteiger charge is 2.20. The summed E-state index contributed by atoms with van der Waals surface area (Å²) in [6, 6.07) is 13.0. The Morgan fingerprint density at radius 1 is 1.19 bits per heavy atom. The first-order chi connectivity index (χ1) is 13.0. The molecule has 4 nitrogen and oxygen atoms in total. The van der Waals surface area contributed by atoms with Gasteiger partial charge in [0.2, 0.25) is 0 Å². The van der Waals surface area contributed by atoms with Gasteiger partial charge in [-0.15, -0.1) is 0 Å². The number of ether oxygens (including phenoxy) is 1. The Balaban J connectivity index is 1.43. The third-order valence-corrected chi connectivity index (χ3v) is 5.20. The molecule has 0 unspecified atom stereocenters. The molecule has 0 atom stereocenters. The number of nitrogens with zero attached hydrogens (tertiary/aromatic N) is 1. The zero-order valence-corrected chi connectivity index (χ0v) is 16.0. The van der Waals surface area contributed by atoms with Crippen LogP contribution in [0.15, 0.2) is 42.5 Å². The van der Waals surface area contributed by atoms with E-state index in [9.17, 15) is 9.18 Å². The van der Waals surface area contributed by atoms with E-state index >= 15 is 0 Å². The van der Waals surface area contributed by atoms with Gasteiger partial charge in [0.1, 0.15) is 0 Å². The molecular formula is C22H27FN2O2. The molecule has 1 fully saturated rings. The predicted octanol–water partition coefficient (Wildman–Crippen LogP) is 3.78.